The fourth-order valence-corrected chi connectivity index (χ4v) is 2.36. The van der Waals surface area contributed by atoms with Crippen LogP contribution in [0.25, 0.3) is 17.2 Å². The first kappa shape index (κ1) is 16.3. The molecule has 2 aromatic rings. The van der Waals surface area contributed by atoms with Gasteiger partial charge in [0.2, 0.25) is 0 Å². The van der Waals surface area contributed by atoms with E-state index in [9.17, 15) is 14.7 Å². The highest BCUT2D eigenvalue weighted by atomic mass is 16.5. The number of carbonyl (C=O) groups excluding carboxylic acids is 1. The maximum atomic E-state index is 11.7. The minimum atomic E-state index is -1.08. The number of carboxylic acids is 1. The van der Waals surface area contributed by atoms with Crippen LogP contribution >= 0.6 is 0 Å². The molecule has 0 atom stereocenters. The van der Waals surface area contributed by atoms with Gasteiger partial charge >= 0.3 is 11.9 Å². The summed E-state index contributed by atoms with van der Waals surface area (Å²) in [5.74, 6) is -1.09. The summed E-state index contributed by atoms with van der Waals surface area (Å²) in [6.07, 6.45) is 1.45. The zero-order valence-electron chi connectivity index (χ0n) is 12.8. The van der Waals surface area contributed by atoms with Gasteiger partial charge in [0, 0.05) is 5.56 Å². The van der Waals surface area contributed by atoms with Crippen molar-refractivity contribution < 1.29 is 24.2 Å². The summed E-state index contributed by atoms with van der Waals surface area (Å²) in [4.78, 5) is 23.2. The lowest BCUT2D eigenvalue weighted by Crippen LogP contribution is -2.05. The third kappa shape index (κ3) is 3.08. The molecule has 0 aliphatic rings. The fourth-order valence-electron chi connectivity index (χ4n) is 2.36. The first-order valence-electron chi connectivity index (χ1n) is 6.79. The molecule has 0 aliphatic heterocycles. The number of rotatable bonds is 5. The van der Waals surface area contributed by atoms with Gasteiger partial charge in [0.05, 0.1) is 25.3 Å². The summed E-state index contributed by atoms with van der Waals surface area (Å²) in [6.45, 7) is 3.66. The number of ether oxygens (including phenoxy) is 2. The van der Waals surface area contributed by atoms with Crippen LogP contribution in [-0.2, 0) is 4.74 Å². The summed E-state index contributed by atoms with van der Waals surface area (Å²) in [6, 6.07) is 9.88. The van der Waals surface area contributed by atoms with E-state index in [0.717, 1.165) is 0 Å². The quantitative estimate of drug-likeness (QED) is 0.856. The third-order valence-electron chi connectivity index (χ3n) is 3.46. The molecule has 0 saturated heterocycles. The van der Waals surface area contributed by atoms with Crippen LogP contribution in [-0.4, -0.2) is 31.3 Å². The summed E-state index contributed by atoms with van der Waals surface area (Å²) in [5.41, 5.74) is 2.09. The largest absolute Gasteiger partial charge is 0.496 e. The molecular formula is C18H16O5. The van der Waals surface area contributed by atoms with E-state index in [1.165, 1.54) is 20.3 Å². The van der Waals surface area contributed by atoms with E-state index >= 15 is 0 Å². The Hall–Kier alpha value is -3.08. The maximum Gasteiger partial charge on any atom is 0.337 e. The summed E-state index contributed by atoms with van der Waals surface area (Å²) in [7, 11) is 2.78. The number of aromatic carboxylic acids is 1. The highest BCUT2D eigenvalue weighted by Crippen LogP contribution is 2.33. The van der Waals surface area contributed by atoms with Gasteiger partial charge in [-0.1, -0.05) is 24.8 Å². The molecule has 0 aliphatic carbocycles. The Balaban J connectivity index is 2.61. The molecule has 0 saturated carbocycles. The molecule has 0 amide bonds. The van der Waals surface area contributed by atoms with Gasteiger partial charge in [-0.2, -0.15) is 0 Å². The molecule has 5 heteroatoms. The molecule has 2 rings (SSSR count). The topological polar surface area (TPSA) is 72.8 Å². The molecule has 2 aromatic carbocycles. The second-order valence-corrected chi connectivity index (χ2v) is 4.68. The summed E-state index contributed by atoms with van der Waals surface area (Å²) < 4.78 is 9.84. The van der Waals surface area contributed by atoms with E-state index in [0.29, 0.717) is 28.0 Å². The van der Waals surface area contributed by atoms with Gasteiger partial charge in [0.1, 0.15) is 5.75 Å². The first-order chi connectivity index (χ1) is 11.0. The van der Waals surface area contributed by atoms with Crippen molar-refractivity contribution in [2.24, 2.45) is 0 Å². The standard InChI is InChI=1S/C18H16O5/c1-4-13-15(22-2)10-9-14(16(13)17(19)20)11-5-7-12(8-6-11)18(21)23-3/h4-10H,1H2,2-3H3,(H,19,20). The number of methoxy groups -OCH3 is 2. The van der Waals surface area contributed by atoms with E-state index in [1.54, 1.807) is 36.4 Å². The van der Waals surface area contributed by atoms with Crippen LogP contribution in [0.4, 0.5) is 0 Å². The van der Waals surface area contributed by atoms with Gasteiger partial charge in [0.25, 0.3) is 0 Å². The van der Waals surface area contributed by atoms with Gasteiger partial charge < -0.3 is 14.6 Å². The second kappa shape index (κ2) is 6.79. The molecule has 0 fully saturated rings. The van der Waals surface area contributed by atoms with Gasteiger partial charge in [-0.05, 0) is 35.4 Å². The fraction of sp³-hybridized carbons (Fsp3) is 0.111. The molecule has 23 heavy (non-hydrogen) atoms. The monoisotopic (exact) mass is 312 g/mol. The van der Waals surface area contributed by atoms with Crippen molar-refractivity contribution >= 4 is 18.0 Å². The number of hydrogen-bond acceptors (Lipinski definition) is 4. The molecule has 1 N–H and O–H groups in total. The number of carboxylic acid groups (broad SMARTS) is 1. The Morgan fingerprint density at radius 1 is 1.09 bits per heavy atom. The maximum absolute atomic E-state index is 11.7. The van der Waals surface area contributed by atoms with Crippen LogP contribution in [0.15, 0.2) is 43.0 Å². The lowest BCUT2D eigenvalue weighted by atomic mass is 9.94. The third-order valence-corrected chi connectivity index (χ3v) is 3.46. The molecular weight excluding hydrogens is 296 g/mol. The minimum absolute atomic E-state index is 0.102. The smallest absolute Gasteiger partial charge is 0.337 e. The molecule has 5 nitrogen and oxygen atoms in total. The Bertz CT molecular complexity index is 760. The first-order valence-corrected chi connectivity index (χ1v) is 6.79. The zero-order valence-corrected chi connectivity index (χ0v) is 12.8. The van der Waals surface area contributed by atoms with Gasteiger partial charge in [-0.25, -0.2) is 9.59 Å². The van der Waals surface area contributed by atoms with Crippen molar-refractivity contribution in [3.8, 4) is 16.9 Å². The van der Waals surface area contributed by atoms with Crippen LogP contribution in [0.2, 0.25) is 0 Å². The van der Waals surface area contributed by atoms with Gasteiger partial charge in [-0.3, -0.25) is 0 Å². The summed E-state index contributed by atoms with van der Waals surface area (Å²) in [5, 5.41) is 9.56. The number of esters is 1. The SMILES string of the molecule is C=Cc1c(OC)ccc(-c2ccc(C(=O)OC)cc2)c1C(=O)O. The Morgan fingerprint density at radius 2 is 1.74 bits per heavy atom. The molecule has 118 valence electrons. The lowest BCUT2D eigenvalue weighted by molar-refractivity contribution is 0.0599. The molecule has 0 spiro atoms. The Morgan fingerprint density at radius 3 is 2.22 bits per heavy atom. The predicted octanol–water partition coefficient (Wildman–Crippen LogP) is 3.49. The van der Waals surface area contributed by atoms with E-state index in [1.807, 2.05) is 0 Å². The summed E-state index contributed by atoms with van der Waals surface area (Å²) >= 11 is 0. The highest BCUT2D eigenvalue weighted by molar-refractivity contribution is 6.01. The average Bonchev–Trinajstić information content (AvgIpc) is 2.59. The normalized spacial score (nSPS) is 10.0. The molecule has 0 radical (unpaired) electrons. The second-order valence-electron chi connectivity index (χ2n) is 4.68. The van der Waals surface area contributed by atoms with Crippen molar-refractivity contribution in [3.05, 3.63) is 59.7 Å². The molecule has 0 heterocycles. The molecule has 0 aromatic heterocycles. The minimum Gasteiger partial charge on any atom is -0.496 e. The van der Waals surface area contributed by atoms with Crippen molar-refractivity contribution in [1.82, 2.24) is 0 Å². The van der Waals surface area contributed by atoms with Crippen LogP contribution in [0.1, 0.15) is 26.3 Å². The van der Waals surface area contributed by atoms with Crippen LogP contribution < -0.4 is 4.74 Å². The zero-order chi connectivity index (χ0) is 17.0. The van der Waals surface area contributed by atoms with Gasteiger partial charge in [0.15, 0.2) is 0 Å². The van der Waals surface area contributed by atoms with Crippen molar-refractivity contribution in [3.63, 3.8) is 0 Å². The van der Waals surface area contributed by atoms with E-state index in [4.69, 9.17) is 4.74 Å². The average molecular weight is 312 g/mol. The van der Waals surface area contributed by atoms with Crippen LogP contribution in [0.5, 0.6) is 5.75 Å². The van der Waals surface area contributed by atoms with Crippen molar-refractivity contribution in [1.29, 1.82) is 0 Å². The van der Waals surface area contributed by atoms with Crippen LogP contribution in [0.3, 0.4) is 0 Å². The number of hydrogen-bond donors (Lipinski definition) is 1. The predicted molar refractivity (Wildman–Crippen MR) is 86.8 cm³/mol. The number of benzene rings is 2. The lowest BCUT2D eigenvalue weighted by Gasteiger charge is -2.13. The molecule has 0 bridgehead atoms. The van der Waals surface area contributed by atoms with E-state index in [-0.39, 0.29) is 5.56 Å². The van der Waals surface area contributed by atoms with E-state index < -0.39 is 11.9 Å². The van der Waals surface area contributed by atoms with Crippen molar-refractivity contribution in [2.75, 3.05) is 14.2 Å². The Labute approximate surface area is 133 Å². The number of carbonyl (C=O) groups is 2. The molecule has 0 unspecified atom stereocenters. The van der Waals surface area contributed by atoms with Crippen LogP contribution in [0, 0.1) is 0 Å². The van der Waals surface area contributed by atoms with Crippen molar-refractivity contribution in [2.45, 2.75) is 0 Å². The highest BCUT2D eigenvalue weighted by Gasteiger charge is 2.19. The Kier molecular flexibility index (Phi) is 4.81. The van der Waals surface area contributed by atoms with E-state index in [2.05, 4.69) is 11.3 Å². The van der Waals surface area contributed by atoms with Gasteiger partial charge in [-0.15, -0.1) is 0 Å².